The third-order valence-electron chi connectivity index (χ3n) is 4.89. The molecule has 3 aromatic rings. The number of nitrogens with one attached hydrogen (secondary N) is 2. The lowest BCUT2D eigenvalue weighted by atomic mass is 10.1. The summed E-state index contributed by atoms with van der Waals surface area (Å²) in [7, 11) is 4.61. The molecule has 0 saturated heterocycles. The lowest BCUT2D eigenvalue weighted by molar-refractivity contribution is 0.0602. The Balaban J connectivity index is 1.77. The van der Waals surface area contributed by atoms with Crippen LogP contribution in [0.25, 0.3) is 0 Å². The van der Waals surface area contributed by atoms with Crippen LogP contribution in [-0.4, -0.2) is 32.4 Å². The van der Waals surface area contributed by atoms with Crippen molar-refractivity contribution in [2.75, 3.05) is 26.6 Å². The van der Waals surface area contributed by atoms with Crippen LogP contribution >= 0.6 is 23.6 Å². The molecule has 0 spiro atoms. The van der Waals surface area contributed by atoms with E-state index in [9.17, 15) is 4.79 Å². The largest absolute Gasteiger partial charge is 0.497 e. The summed E-state index contributed by atoms with van der Waals surface area (Å²) in [5.41, 5.74) is 2.52. The van der Waals surface area contributed by atoms with Gasteiger partial charge in [-0.2, -0.15) is 0 Å². The number of methoxy groups -OCH3 is 3. The number of esters is 1. The molecule has 0 aliphatic heterocycles. The number of thiocarbonyl (C=S) groups is 1. The Bertz CT molecular complexity index is 1080. The van der Waals surface area contributed by atoms with Crippen LogP contribution in [0.15, 0.2) is 54.6 Å². The molecule has 2 N–H and O–H groups in total. The molecule has 168 valence electrons. The highest BCUT2D eigenvalue weighted by Crippen LogP contribution is 2.32. The zero-order valence-corrected chi connectivity index (χ0v) is 20.1. The predicted octanol–water partition coefficient (Wildman–Crippen LogP) is 5.19. The molecule has 0 aliphatic carbocycles. The van der Waals surface area contributed by atoms with Crippen molar-refractivity contribution < 1.29 is 19.0 Å². The van der Waals surface area contributed by atoms with Gasteiger partial charge in [-0.25, -0.2) is 4.79 Å². The van der Waals surface area contributed by atoms with Crippen molar-refractivity contribution in [3.63, 3.8) is 0 Å². The topological polar surface area (TPSA) is 68.8 Å². The lowest BCUT2D eigenvalue weighted by Crippen LogP contribution is -2.31. The average Bonchev–Trinajstić information content (AvgIpc) is 3.20. The molecular formula is C24H26N2O4S2. The summed E-state index contributed by atoms with van der Waals surface area (Å²) in [6, 6.07) is 17.4. The van der Waals surface area contributed by atoms with Crippen molar-refractivity contribution in [3.8, 4) is 11.5 Å². The van der Waals surface area contributed by atoms with Crippen molar-refractivity contribution in [1.29, 1.82) is 0 Å². The molecule has 0 unspecified atom stereocenters. The van der Waals surface area contributed by atoms with Gasteiger partial charge in [0.2, 0.25) is 0 Å². The van der Waals surface area contributed by atoms with E-state index in [4.69, 9.17) is 26.4 Å². The lowest BCUT2D eigenvalue weighted by Gasteiger charge is -2.20. The Morgan fingerprint density at radius 3 is 2.47 bits per heavy atom. The van der Waals surface area contributed by atoms with E-state index in [1.54, 1.807) is 14.2 Å². The number of thiophene rings is 1. The van der Waals surface area contributed by atoms with Gasteiger partial charge in [0.15, 0.2) is 5.11 Å². The Morgan fingerprint density at radius 2 is 1.81 bits per heavy atom. The van der Waals surface area contributed by atoms with E-state index in [-0.39, 0.29) is 6.04 Å². The predicted molar refractivity (Wildman–Crippen MR) is 132 cm³/mol. The van der Waals surface area contributed by atoms with Gasteiger partial charge in [-0.1, -0.05) is 30.3 Å². The van der Waals surface area contributed by atoms with Crippen LogP contribution < -0.4 is 20.1 Å². The second-order valence-electron chi connectivity index (χ2n) is 7.04. The molecule has 2 aromatic carbocycles. The molecule has 3 rings (SSSR count). The third kappa shape index (κ3) is 5.77. The van der Waals surface area contributed by atoms with Crippen molar-refractivity contribution in [3.05, 3.63) is 76.2 Å². The molecule has 1 atom stereocenters. The maximum atomic E-state index is 12.3. The standard InChI is InChI=1S/C24H26N2O4S2/c1-15(19-13-17(28-2)10-11-21(19)29-3)25-24(31)26-22-20(23(27)30-4)14-18(32-22)12-16-8-6-5-7-9-16/h5-11,13-15H,12H2,1-4H3,(H2,25,26,31)/t15-/m0/s1. The van der Waals surface area contributed by atoms with E-state index in [1.165, 1.54) is 18.4 Å². The smallest absolute Gasteiger partial charge is 0.340 e. The molecule has 0 fully saturated rings. The fraction of sp³-hybridized carbons (Fsp3) is 0.250. The molecule has 0 radical (unpaired) electrons. The van der Waals surface area contributed by atoms with Gasteiger partial charge in [0.1, 0.15) is 16.5 Å². The Kier molecular flexibility index (Phi) is 8.08. The minimum absolute atomic E-state index is 0.162. The van der Waals surface area contributed by atoms with Gasteiger partial charge in [-0.05, 0) is 49.0 Å². The highest BCUT2D eigenvalue weighted by Gasteiger charge is 2.19. The Morgan fingerprint density at radius 1 is 1.06 bits per heavy atom. The van der Waals surface area contributed by atoms with Crippen molar-refractivity contribution >= 4 is 39.6 Å². The second kappa shape index (κ2) is 11.0. The molecule has 1 aromatic heterocycles. The number of benzene rings is 2. The minimum atomic E-state index is -0.409. The number of anilines is 1. The van der Waals surface area contributed by atoms with Gasteiger partial charge >= 0.3 is 5.97 Å². The molecule has 0 saturated carbocycles. The summed E-state index contributed by atoms with van der Waals surface area (Å²) in [6.45, 7) is 1.97. The first-order valence-electron chi connectivity index (χ1n) is 9.99. The van der Waals surface area contributed by atoms with E-state index in [2.05, 4.69) is 22.8 Å². The van der Waals surface area contributed by atoms with Gasteiger partial charge in [-0.15, -0.1) is 11.3 Å². The summed E-state index contributed by atoms with van der Waals surface area (Å²) in [5, 5.41) is 7.45. The summed E-state index contributed by atoms with van der Waals surface area (Å²) in [5.74, 6) is 1.05. The Labute approximate surface area is 197 Å². The molecule has 8 heteroatoms. The zero-order chi connectivity index (χ0) is 23.1. The second-order valence-corrected chi connectivity index (χ2v) is 8.58. The third-order valence-corrected chi connectivity index (χ3v) is 6.16. The molecule has 0 amide bonds. The van der Waals surface area contributed by atoms with Gasteiger partial charge in [0.25, 0.3) is 0 Å². The van der Waals surface area contributed by atoms with E-state index in [0.717, 1.165) is 33.9 Å². The quantitative estimate of drug-likeness (QED) is 0.347. The maximum absolute atomic E-state index is 12.3. The maximum Gasteiger partial charge on any atom is 0.340 e. The molecule has 32 heavy (non-hydrogen) atoms. The number of hydrogen-bond acceptors (Lipinski definition) is 6. The van der Waals surface area contributed by atoms with Crippen LogP contribution in [0, 0.1) is 0 Å². The van der Waals surface area contributed by atoms with Gasteiger partial charge in [-0.3, -0.25) is 0 Å². The van der Waals surface area contributed by atoms with Crippen molar-refractivity contribution in [1.82, 2.24) is 5.32 Å². The van der Waals surface area contributed by atoms with Crippen LogP contribution in [0.5, 0.6) is 11.5 Å². The highest BCUT2D eigenvalue weighted by atomic mass is 32.1. The first-order chi connectivity index (χ1) is 15.4. The summed E-state index contributed by atoms with van der Waals surface area (Å²) < 4.78 is 15.8. The van der Waals surface area contributed by atoms with Gasteiger partial charge in [0, 0.05) is 16.9 Å². The normalized spacial score (nSPS) is 11.4. The van der Waals surface area contributed by atoms with Crippen molar-refractivity contribution in [2.24, 2.45) is 0 Å². The zero-order valence-electron chi connectivity index (χ0n) is 18.4. The van der Waals surface area contributed by atoms with Gasteiger partial charge in [0.05, 0.1) is 32.9 Å². The molecule has 0 bridgehead atoms. The first kappa shape index (κ1) is 23.6. The first-order valence-corrected chi connectivity index (χ1v) is 11.2. The van der Waals surface area contributed by atoms with Crippen LogP contribution in [-0.2, 0) is 11.2 Å². The van der Waals surface area contributed by atoms with Crippen LogP contribution in [0.3, 0.4) is 0 Å². The number of ether oxygens (including phenoxy) is 3. The van der Waals surface area contributed by atoms with Crippen LogP contribution in [0.4, 0.5) is 5.00 Å². The van der Waals surface area contributed by atoms with E-state index in [1.807, 2.05) is 49.4 Å². The fourth-order valence-electron chi connectivity index (χ4n) is 3.27. The minimum Gasteiger partial charge on any atom is -0.497 e. The number of carbonyl (C=O) groups is 1. The summed E-state index contributed by atoms with van der Waals surface area (Å²) in [6.07, 6.45) is 0.717. The fourth-order valence-corrected chi connectivity index (χ4v) is 4.70. The molecule has 0 aliphatic rings. The number of carbonyl (C=O) groups excluding carboxylic acids is 1. The molecule has 1 heterocycles. The van der Waals surface area contributed by atoms with E-state index >= 15 is 0 Å². The van der Waals surface area contributed by atoms with Gasteiger partial charge < -0.3 is 24.8 Å². The SMILES string of the molecule is COC(=O)c1cc(Cc2ccccc2)sc1NC(=S)N[C@@H](C)c1cc(OC)ccc1OC. The van der Waals surface area contributed by atoms with Crippen molar-refractivity contribution in [2.45, 2.75) is 19.4 Å². The summed E-state index contributed by atoms with van der Waals surface area (Å²) in [4.78, 5) is 13.4. The Hall–Kier alpha value is -3.10. The molecule has 6 nitrogen and oxygen atoms in total. The number of rotatable bonds is 8. The van der Waals surface area contributed by atoms with E-state index < -0.39 is 5.97 Å². The summed E-state index contributed by atoms with van der Waals surface area (Å²) >= 11 is 7.01. The van der Waals surface area contributed by atoms with Crippen LogP contribution in [0.1, 0.15) is 39.3 Å². The van der Waals surface area contributed by atoms with Crippen LogP contribution in [0.2, 0.25) is 0 Å². The molecular weight excluding hydrogens is 444 g/mol. The monoisotopic (exact) mass is 470 g/mol. The number of hydrogen-bond donors (Lipinski definition) is 2. The average molecular weight is 471 g/mol. The van der Waals surface area contributed by atoms with E-state index in [0.29, 0.717) is 15.7 Å². The highest BCUT2D eigenvalue weighted by molar-refractivity contribution is 7.80.